The number of carbonyl (C=O) groups excluding carboxylic acids is 1. The van der Waals surface area contributed by atoms with Crippen LogP contribution in [0.4, 0.5) is 11.4 Å². The summed E-state index contributed by atoms with van der Waals surface area (Å²) in [5, 5.41) is 3.78. The third kappa shape index (κ3) is 3.13. The van der Waals surface area contributed by atoms with E-state index in [0.717, 1.165) is 0 Å². The molecule has 5 N–H and O–H groups in total. The summed E-state index contributed by atoms with van der Waals surface area (Å²) in [5.41, 5.74) is 12.5. The minimum absolute atomic E-state index is 0.265. The maximum absolute atomic E-state index is 11.5. The Labute approximate surface area is 118 Å². The van der Waals surface area contributed by atoms with Gasteiger partial charge in [-0.25, -0.2) is 0 Å². The SMILES string of the molecule is CC(Nc1c(Cl)cc(N)cc1C(N)=O)C1CCCC1. The van der Waals surface area contributed by atoms with Crippen LogP contribution in [-0.4, -0.2) is 11.9 Å². The summed E-state index contributed by atoms with van der Waals surface area (Å²) in [6, 6.07) is 3.47. The molecule has 2 rings (SSSR count). The van der Waals surface area contributed by atoms with Crippen molar-refractivity contribution in [3.05, 3.63) is 22.7 Å². The Morgan fingerprint density at radius 2 is 2.05 bits per heavy atom. The average molecular weight is 282 g/mol. The van der Waals surface area contributed by atoms with Gasteiger partial charge in [-0.3, -0.25) is 4.79 Å². The summed E-state index contributed by atoms with van der Waals surface area (Å²) in [6.45, 7) is 2.12. The molecule has 0 aromatic heterocycles. The van der Waals surface area contributed by atoms with E-state index in [1.54, 1.807) is 12.1 Å². The van der Waals surface area contributed by atoms with Crippen LogP contribution in [0.2, 0.25) is 5.02 Å². The molecule has 0 bridgehead atoms. The molecule has 0 saturated heterocycles. The smallest absolute Gasteiger partial charge is 0.250 e. The van der Waals surface area contributed by atoms with Gasteiger partial charge in [0.2, 0.25) is 0 Å². The molecule has 0 aliphatic heterocycles. The Kier molecular flexibility index (Phi) is 4.20. The first-order chi connectivity index (χ1) is 8.99. The molecule has 1 unspecified atom stereocenters. The van der Waals surface area contributed by atoms with Gasteiger partial charge in [0.15, 0.2) is 0 Å². The highest BCUT2D eigenvalue weighted by Crippen LogP contribution is 2.33. The summed E-state index contributed by atoms with van der Waals surface area (Å²) in [4.78, 5) is 11.5. The molecule has 1 fully saturated rings. The van der Waals surface area contributed by atoms with Gasteiger partial charge in [-0.15, -0.1) is 0 Å². The Hall–Kier alpha value is -1.42. The first-order valence-electron chi connectivity index (χ1n) is 6.64. The van der Waals surface area contributed by atoms with E-state index in [9.17, 15) is 4.79 Å². The minimum Gasteiger partial charge on any atom is -0.399 e. The zero-order valence-corrected chi connectivity index (χ0v) is 11.8. The van der Waals surface area contributed by atoms with Crippen LogP contribution in [0.5, 0.6) is 0 Å². The molecule has 1 aromatic rings. The summed E-state index contributed by atoms with van der Waals surface area (Å²) >= 11 is 6.18. The van der Waals surface area contributed by atoms with Crippen molar-refractivity contribution >= 4 is 28.9 Å². The topological polar surface area (TPSA) is 81.1 Å². The zero-order chi connectivity index (χ0) is 14.0. The number of carbonyl (C=O) groups is 1. The van der Waals surface area contributed by atoms with E-state index < -0.39 is 5.91 Å². The third-order valence-electron chi connectivity index (χ3n) is 3.86. The van der Waals surface area contributed by atoms with Crippen LogP contribution in [0.1, 0.15) is 43.0 Å². The van der Waals surface area contributed by atoms with Gasteiger partial charge in [0.05, 0.1) is 16.3 Å². The molecule has 1 aliphatic rings. The second kappa shape index (κ2) is 5.70. The maximum Gasteiger partial charge on any atom is 0.250 e. The summed E-state index contributed by atoms with van der Waals surface area (Å²) in [7, 11) is 0. The molecule has 1 amide bonds. The molecule has 0 radical (unpaired) electrons. The summed E-state index contributed by atoms with van der Waals surface area (Å²) < 4.78 is 0. The van der Waals surface area contributed by atoms with Gasteiger partial charge in [-0.05, 0) is 37.8 Å². The minimum atomic E-state index is -0.518. The van der Waals surface area contributed by atoms with Crippen molar-refractivity contribution in [2.24, 2.45) is 11.7 Å². The van der Waals surface area contributed by atoms with E-state index in [0.29, 0.717) is 27.9 Å². The molecule has 0 heterocycles. The molecule has 1 saturated carbocycles. The fourth-order valence-electron chi connectivity index (χ4n) is 2.77. The standard InChI is InChI=1S/C14H20ClN3O/c1-8(9-4-2-3-5-9)18-13-11(14(17)19)6-10(16)7-12(13)15/h6-9,18H,2-5,16H2,1H3,(H2,17,19). The first kappa shape index (κ1) is 14.0. The van der Waals surface area contributed by atoms with E-state index in [4.69, 9.17) is 23.1 Å². The van der Waals surface area contributed by atoms with Crippen molar-refractivity contribution in [1.82, 2.24) is 0 Å². The summed E-state index contributed by atoms with van der Waals surface area (Å²) in [6.07, 6.45) is 4.98. The quantitative estimate of drug-likeness (QED) is 0.742. The Bertz CT molecular complexity index is 484. The lowest BCUT2D eigenvalue weighted by molar-refractivity contribution is 0.100. The number of anilines is 2. The number of nitrogens with two attached hydrogens (primary N) is 2. The second-order valence-corrected chi connectivity index (χ2v) is 5.67. The molecule has 0 spiro atoms. The lowest BCUT2D eigenvalue weighted by Crippen LogP contribution is -2.26. The monoisotopic (exact) mass is 281 g/mol. The molecule has 1 aliphatic carbocycles. The number of hydrogen-bond donors (Lipinski definition) is 3. The van der Waals surface area contributed by atoms with Gasteiger partial charge >= 0.3 is 0 Å². The fraction of sp³-hybridized carbons (Fsp3) is 0.500. The lowest BCUT2D eigenvalue weighted by atomic mass is 9.99. The number of amides is 1. The number of hydrogen-bond acceptors (Lipinski definition) is 3. The lowest BCUT2D eigenvalue weighted by Gasteiger charge is -2.23. The Morgan fingerprint density at radius 1 is 1.42 bits per heavy atom. The molecule has 1 atom stereocenters. The highest BCUT2D eigenvalue weighted by molar-refractivity contribution is 6.34. The third-order valence-corrected chi connectivity index (χ3v) is 4.16. The number of rotatable bonds is 4. The first-order valence-corrected chi connectivity index (χ1v) is 7.02. The highest BCUT2D eigenvalue weighted by atomic mass is 35.5. The van der Waals surface area contributed by atoms with Crippen LogP contribution in [0.15, 0.2) is 12.1 Å². The van der Waals surface area contributed by atoms with Gasteiger partial charge in [-0.2, -0.15) is 0 Å². The Morgan fingerprint density at radius 3 is 2.63 bits per heavy atom. The van der Waals surface area contributed by atoms with Gasteiger partial charge < -0.3 is 16.8 Å². The van der Waals surface area contributed by atoms with Gasteiger partial charge in [0.1, 0.15) is 0 Å². The van der Waals surface area contributed by atoms with E-state index in [1.165, 1.54) is 25.7 Å². The van der Waals surface area contributed by atoms with Crippen LogP contribution < -0.4 is 16.8 Å². The van der Waals surface area contributed by atoms with E-state index >= 15 is 0 Å². The van der Waals surface area contributed by atoms with Crippen molar-refractivity contribution < 1.29 is 4.79 Å². The van der Waals surface area contributed by atoms with Crippen LogP contribution in [-0.2, 0) is 0 Å². The van der Waals surface area contributed by atoms with Crippen molar-refractivity contribution in [2.45, 2.75) is 38.6 Å². The molecule has 1 aromatic carbocycles. The molecule has 4 nitrogen and oxygen atoms in total. The number of primary amides is 1. The second-order valence-electron chi connectivity index (χ2n) is 5.27. The number of halogens is 1. The molecule has 104 valence electrons. The molecular formula is C14H20ClN3O. The van der Waals surface area contributed by atoms with E-state index in [2.05, 4.69) is 12.2 Å². The van der Waals surface area contributed by atoms with Crippen molar-refractivity contribution in [3.63, 3.8) is 0 Å². The Balaban J connectivity index is 2.25. The fourth-order valence-corrected chi connectivity index (χ4v) is 3.05. The normalized spacial score (nSPS) is 17.4. The zero-order valence-electron chi connectivity index (χ0n) is 11.1. The van der Waals surface area contributed by atoms with Crippen molar-refractivity contribution in [3.8, 4) is 0 Å². The van der Waals surface area contributed by atoms with Gasteiger partial charge in [-0.1, -0.05) is 24.4 Å². The van der Waals surface area contributed by atoms with Crippen LogP contribution in [0, 0.1) is 5.92 Å². The average Bonchev–Trinajstić information content (AvgIpc) is 2.85. The molecule has 5 heteroatoms. The van der Waals surface area contributed by atoms with Crippen LogP contribution in [0.25, 0.3) is 0 Å². The molecular weight excluding hydrogens is 262 g/mol. The van der Waals surface area contributed by atoms with Gasteiger partial charge in [0, 0.05) is 11.7 Å². The maximum atomic E-state index is 11.5. The largest absolute Gasteiger partial charge is 0.399 e. The van der Waals surface area contributed by atoms with E-state index in [-0.39, 0.29) is 6.04 Å². The van der Waals surface area contributed by atoms with Crippen LogP contribution in [0.3, 0.4) is 0 Å². The highest BCUT2D eigenvalue weighted by Gasteiger charge is 2.23. The number of nitrogens with one attached hydrogen (secondary N) is 1. The predicted octanol–water partition coefficient (Wildman–Crippen LogP) is 3.01. The van der Waals surface area contributed by atoms with E-state index in [1.807, 2.05) is 0 Å². The summed E-state index contributed by atoms with van der Waals surface area (Å²) in [5.74, 6) is 0.102. The number of nitrogen functional groups attached to an aromatic ring is 1. The molecule has 19 heavy (non-hydrogen) atoms. The predicted molar refractivity (Wildman–Crippen MR) is 79.4 cm³/mol. The van der Waals surface area contributed by atoms with Gasteiger partial charge in [0.25, 0.3) is 5.91 Å². The van der Waals surface area contributed by atoms with Crippen molar-refractivity contribution in [1.29, 1.82) is 0 Å². The van der Waals surface area contributed by atoms with Crippen molar-refractivity contribution in [2.75, 3.05) is 11.1 Å². The number of benzene rings is 1. The van der Waals surface area contributed by atoms with Crippen LogP contribution >= 0.6 is 11.6 Å².